The van der Waals surface area contributed by atoms with Crippen molar-refractivity contribution in [3.05, 3.63) is 52.0 Å². The largest absolute Gasteiger partial charge is 0.495 e. The maximum Gasteiger partial charge on any atom is 0.243 e. The van der Waals surface area contributed by atoms with Crippen molar-refractivity contribution in [2.75, 3.05) is 24.3 Å². The Balaban J connectivity index is 2.03. The molecule has 0 unspecified atom stereocenters. The number of anilines is 2. The number of rotatable bonds is 5. The lowest BCUT2D eigenvalue weighted by molar-refractivity contribution is -0.114. The monoisotopic (exact) mass is 362 g/mol. The molecule has 0 aliphatic carbocycles. The first kappa shape index (κ1) is 16.4. The van der Waals surface area contributed by atoms with Crippen LogP contribution in [0.25, 0.3) is 0 Å². The Morgan fingerprint density at radius 3 is 2.50 bits per heavy atom. The Morgan fingerprint density at radius 2 is 1.86 bits per heavy atom. The Labute approximate surface area is 139 Å². The number of ether oxygens (including phenoxy) is 1. The van der Waals surface area contributed by atoms with E-state index in [1.54, 1.807) is 7.11 Å². The highest BCUT2D eigenvalue weighted by atomic mass is 79.9. The summed E-state index contributed by atoms with van der Waals surface area (Å²) in [6.45, 7) is 4.13. The molecule has 2 rings (SSSR count). The van der Waals surface area contributed by atoms with E-state index in [-0.39, 0.29) is 12.5 Å². The molecule has 0 saturated carbocycles. The zero-order valence-electron chi connectivity index (χ0n) is 12.9. The van der Waals surface area contributed by atoms with Crippen molar-refractivity contribution in [2.45, 2.75) is 13.8 Å². The van der Waals surface area contributed by atoms with E-state index in [9.17, 15) is 4.79 Å². The molecule has 2 N–H and O–H groups in total. The minimum absolute atomic E-state index is 0.0978. The summed E-state index contributed by atoms with van der Waals surface area (Å²) in [5.41, 5.74) is 3.74. The van der Waals surface area contributed by atoms with Gasteiger partial charge in [0.05, 0.1) is 19.3 Å². The van der Waals surface area contributed by atoms with Gasteiger partial charge in [0, 0.05) is 10.2 Å². The lowest BCUT2D eigenvalue weighted by Gasteiger charge is -2.14. The van der Waals surface area contributed by atoms with Crippen LogP contribution in [0.4, 0.5) is 11.4 Å². The van der Waals surface area contributed by atoms with Crippen LogP contribution in [0.1, 0.15) is 11.1 Å². The molecule has 0 atom stereocenters. The van der Waals surface area contributed by atoms with Crippen molar-refractivity contribution in [3.8, 4) is 5.75 Å². The van der Waals surface area contributed by atoms with E-state index in [1.807, 2.05) is 50.2 Å². The normalized spacial score (nSPS) is 10.2. The van der Waals surface area contributed by atoms with Crippen LogP contribution in [0.3, 0.4) is 0 Å². The minimum atomic E-state index is -0.0978. The number of nitrogens with one attached hydrogen (secondary N) is 2. The molecule has 0 spiro atoms. The van der Waals surface area contributed by atoms with Crippen LogP contribution in [0, 0.1) is 13.8 Å². The highest BCUT2D eigenvalue weighted by Gasteiger charge is 2.09. The van der Waals surface area contributed by atoms with Gasteiger partial charge in [-0.15, -0.1) is 0 Å². The summed E-state index contributed by atoms with van der Waals surface area (Å²) in [4.78, 5) is 12.1. The van der Waals surface area contributed by atoms with E-state index in [1.165, 1.54) is 0 Å². The van der Waals surface area contributed by atoms with Crippen molar-refractivity contribution in [2.24, 2.45) is 0 Å². The predicted octanol–water partition coefficient (Wildman–Crippen LogP) is 4.13. The van der Waals surface area contributed by atoms with Gasteiger partial charge in [-0.05, 0) is 43.2 Å². The molecule has 0 heterocycles. The average Bonchev–Trinajstić information content (AvgIpc) is 2.49. The lowest BCUT2D eigenvalue weighted by atomic mass is 10.1. The maximum absolute atomic E-state index is 12.1. The lowest BCUT2D eigenvalue weighted by Crippen LogP contribution is -2.22. The second-order valence-corrected chi connectivity index (χ2v) is 5.93. The van der Waals surface area contributed by atoms with Gasteiger partial charge in [0.2, 0.25) is 5.91 Å². The number of amides is 1. The third kappa shape index (κ3) is 4.01. The van der Waals surface area contributed by atoms with Gasteiger partial charge >= 0.3 is 0 Å². The average molecular weight is 363 g/mol. The minimum Gasteiger partial charge on any atom is -0.495 e. The first-order chi connectivity index (χ1) is 10.5. The van der Waals surface area contributed by atoms with E-state index >= 15 is 0 Å². The van der Waals surface area contributed by atoms with Crippen molar-refractivity contribution < 1.29 is 9.53 Å². The first-order valence-electron chi connectivity index (χ1n) is 6.94. The molecule has 116 valence electrons. The summed E-state index contributed by atoms with van der Waals surface area (Å²) >= 11 is 3.41. The number of methoxy groups -OCH3 is 1. The number of halogens is 1. The van der Waals surface area contributed by atoms with E-state index in [0.29, 0.717) is 5.75 Å². The quantitative estimate of drug-likeness (QED) is 0.840. The molecule has 2 aromatic carbocycles. The number of carbonyl (C=O) groups is 1. The molecule has 4 nitrogen and oxygen atoms in total. The first-order valence-corrected chi connectivity index (χ1v) is 7.74. The maximum atomic E-state index is 12.1. The van der Waals surface area contributed by atoms with Crippen molar-refractivity contribution >= 4 is 33.2 Å². The third-order valence-electron chi connectivity index (χ3n) is 3.35. The van der Waals surface area contributed by atoms with Gasteiger partial charge < -0.3 is 15.4 Å². The van der Waals surface area contributed by atoms with Crippen LogP contribution < -0.4 is 15.4 Å². The van der Waals surface area contributed by atoms with Gasteiger partial charge in [0.1, 0.15) is 5.75 Å². The predicted molar refractivity (Wildman–Crippen MR) is 93.7 cm³/mol. The Bertz CT molecular complexity index is 666. The van der Waals surface area contributed by atoms with Gasteiger partial charge in [-0.2, -0.15) is 0 Å². The molecule has 0 bridgehead atoms. The summed E-state index contributed by atoms with van der Waals surface area (Å²) in [7, 11) is 1.60. The number of hydrogen-bond acceptors (Lipinski definition) is 3. The zero-order valence-corrected chi connectivity index (χ0v) is 14.5. The van der Waals surface area contributed by atoms with Crippen LogP contribution in [-0.2, 0) is 4.79 Å². The molecule has 1 amide bonds. The van der Waals surface area contributed by atoms with Gasteiger partial charge in [-0.3, -0.25) is 4.79 Å². The van der Waals surface area contributed by atoms with Crippen LogP contribution in [-0.4, -0.2) is 19.6 Å². The number of para-hydroxylation sites is 1. The van der Waals surface area contributed by atoms with E-state index in [0.717, 1.165) is 27.0 Å². The van der Waals surface area contributed by atoms with Crippen molar-refractivity contribution in [1.82, 2.24) is 0 Å². The Morgan fingerprint density at radius 1 is 1.18 bits per heavy atom. The fraction of sp³-hybridized carbons (Fsp3) is 0.235. The van der Waals surface area contributed by atoms with Crippen LogP contribution in [0.15, 0.2) is 40.9 Å². The van der Waals surface area contributed by atoms with E-state index in [2.05, 4.69) is 26.6 Å². The Kier molecular flexibility index (Phi) is 5.44. The summed E-state index contributed by atoms with van der Waals surface area (Å²) in [6, 6.07) is 11.5. The van der Waals surface area contributed by atoms with Crippen molar-refractivity contribution in [3.63, 3.8) is 0 Å². The standard InChI is InChI=1S/C17H19BrN2O2/c1-11-5-4-6-12(2)17(11)20-16(21)10-19-14-9-13(18)7-8-15(14)22-3/h4-9,19H,10H2,1-3H3,(H,20,21). The van der Waals surface area contributed by atoms with Crippen LogP contribution in [0.5, 0.6) is 5.75 Å². The molecule has 2 aromatic rings. The highest BCUT2D eigenvalue weighted by Crippen LogP contribution is 2.27. The summed E-state index contributed by atoms with van der Waals surface area (Å²) in [5.74, 6) is 0.600. The fourth-order valence-corrected chi connectivity index (χ4v) is 2.55. The molecule has 0 fully saturated rings. The van der Waals surface area contributed by atoms with Gasteiger partial charge in [-0.25, -0.2) is 0 Å². The second-order valence-electron chi connectivity index (χ2n) is 5.01. The summed E-state index contributed by atoms with van der Waals surface area (Å²) in [6.07, 6.45) is 0. The zero-order chi connectivity index (χ0) is 16.1. The second kappa shape index (κ2) is 7.31. The summed E-state index contributed by atoms with van der Waals surface area (Å²) in [5, 5.41) is 6.04. The molecular weight excluding hydrogens is 344 g/mol. The van der Waals surface area contributed by atoms with Crippen molar-refractivity contribution in [1.29, 1.82) is 0 Å². The molecule has 0 radical (unpaired) electrons. The topological polar surface area (TPSA) is 50.4 Å². The van der Waals surface area contributed by atoms with Crippen LogP contribution in [0.2, 0.25) is 0 Å². The molecule has 0 aromatic heterocycles. The molecule has 0 aliphatic rings. The van der Waals surface area contributed by atoms with Crippen LogP contribution >= 0.6 is 15.9 Å². The smallest absolute Gasteiger partial charge is 0.243 e. The van der Waals surface area contributed by atoms with Gasteiger partial charge in [-0.1, -0.05) is 34.1 Å². The van der Waals surface area contributed by atoms with E-state index in [4.69, 9.17) is 4.74 Å². The summed E-state index contributed by atoms with van der Waals surface area (Å²) < 4.78 is 6.20. The highest BCUT2D eigenvalue weighted by molar-refractivity contribution is 9.10. The molecule has 22 heavy (non-hydrogen) atoms. The number of benzene rings is 2. The Hall–Kier alpha value is -2.01. The number of hydrogen-bond donors (Lipinski definition) is 2. The fourth-order valence-electron chi connectivity index (χ4n) is 2.19. The molecule has 0 aliphatic heterocycles. The van der Waals surface area contributed by atoms with Gasteiger partial charge in [0.15, 0.2) is 0 Å². The molecule has 0 saturated heterocycles. The number of carbonyl (C=O) groups excluding carboxylic acids is 1. The third-order valence-corrected chi connectivity index (χ3v) is 3.84. The molecular formula is C17H19BrN2O2. The SMILES string of the molecule is COc1ccc(Br)cc1NCC(=O)Nc1c(C)cccc1C. The van der Waals surface area contributed by atoms with Gasteiger partial charge in [0.25, 0.3) is 0 Å². The number of aryl methyl sites for hydroxylation is 2. The molecule has 5 heteroatoms. The van der Waals surface area contributed by atoms with E-state index < -0.39 is 0 Å².